The van der Waals surface area contributed by atoms with Gasteiger partial charge in [0, 0.05) is 17.8 Å². The van der Waals surface area contributed by atoms with Crippen molar-refractivity contribution in [1.82, 2.24) is 0 Å². The van der Waals surface area contributed by atoms with E-state index in [1.54, 1.807) is 4.90 Å². The monoisotopic (exact) mass is 429 g/mol. The molecule has 5 nitrogen and oxygen atoms in total. The Labute approximate surface area is 188 Å². The minimum Gasteiger partial charge on any atom is -0.482 e. The second-order valence-corrected chi connectivity index (χ2v) is 8.03. The van der Waals surface area contributed by atoms with Crippen LogP contribution in [0.15, 0.2) is 78.9 Å². The van der Waals surface area contributed by atoms with Crippen molar-refractivity contribution in [3.8, 4) is 5.75 Å². The van der Waals surface area contributed by atoms with Gasteiger partial charge in [0.2, 0.25) is 5.91 Å². The summed E-state index contributed by atoms with van der Waals surface area (Å²) in [7, 11) is 0. The van der Waals surface area contributed by atoms with E-state index in [0.717, 1.165) is 42.6 Å². The number of para-hydroxylation sites is 2. The number of fused-ring (bicyclic) bond motifs is 1. The number of hydrogen-bond donors (Lipinski definition) is 1. The molecule has 0 spiro atoms. The van der Waals surface area contributed by atoms with Crippen molar-refractivity contribution in [2.75, 3.05) is 11.5 Å². The Morgan fingerprint density at radius 2 is 1.56 bits per heavy atom. The highest BCUT2D eigenvalue weighted by Crippen LogP contribution is 2.39. The summed E-state index contributed by atoms with van der Waals surface area (Å²) in [6.45, 7) is -0.345. The molecule has 32 heavy (non-hydrogen) atoms. The Bertz CT molecular complexity index is 1030. The normalized spacial score (nSPS) is 14.9. The van der Waals surface area contributed by atoms with Crippen LogP contribution in [-0.4, -0.2) is 23.6 Å². The van der Waals surface area contributed by atoms with Crippen LogP contribution in [0.3, 0.4) is 0 Å². The molecule has 1 unspecified atom stereocenters. The number of amides is 1. The van der Waals surface area contributed by atoms with Gasteiger partial charge in [-0.15, -0.1) is 0 Å². The van der Waals surface area contributed by atoms with Crippen LogP contribution in [0, 0.1) is 0 Å². The van der Waals surface area contributed by atoms with Gasteiger partial charge in [-0.05, 0) is 73.1 Å². The third-order valence-electron chi connectivity index (χ3n) is 5.92. The molecule has 0 radical (unpaired) electrons. The van der Waals surface area contributed by atoms with Crippen molar-refractivity contribution in [3.05, 3.63) is 90.0 Å². The summed E-state index contributed by atoms with van der Waals surface area (Å²) >= 11 is 0. The maximum Gasteiger partial charge on any atom is 0.341 e. The fraction of sp³-hybridized carbons (Fsp3) is 0.259. The predicted molar refractivity (Wildman–Crippen MR) is 125 cm³/mol. The number of rotatable bonds is 8. The van der Waals surface area contributed by atoms with Crippen molar-refractivity contribution in [2.24, 2.45) is 0 Å². The van der Waals surface area contributed by atoms with Crippen LogP contribution in [-0.2, 0) is 16.0 Å². The van der Waals surface area contributed by atoms with Crippen molar-refractivity contribution < 1.29 is 19.4 Å². The standard InChI is InChI=1S/C27H27NO4/c29-26(28(21-10-3-1-4-11-21)22-12-5-2-6-13-22)18-17-20-9-7-15-24-23(20)14-8-16-25(24)32-19-27(30)31/h1-6,8,10-14,16,20H,7,9,15,17-19H2,(H,30,31). The number of carbonyl (C=O) groups is 2. The van der Waals surface area contributed by atoms with Gasteiger partial charge in [0.05, 0.1) is 0 Å². The number of carboxylic acids is 1. The Morgan fingerprint density at radius 3 is 2.19 bits per heavy atom. The lowest BCUT2D eigenvalue weighted by molar-refractivity contribution is -0.139. The average molecular weight is 430 g/mol. The van der Waals surface area contributed by atoms with Crippen LogP contribution in [0.25, 0.3) is 0 Å². The Balaban J connectivity index is 1.51. The summed E-state index contributed by atoms with van der Waals surface area (Å²) in [6.07, 6.45) is 4.05. The summed E-state index contributed by atoms with van der Waals surface area (Å²) < 4.78 is 5.52. The molecule has 5 heteroatoms. The SMILES string of the molecule is O=C(O)COc1cccc2c1CCCC2CCC(=O)N(c1ccccc1)c1ccccc1. The lowest BCUT2D eigenvalue weighted by Gasteiger charge is -2.28. The van der Waals surface area contributed by atoms with Crippen molar-refractivity contribution in [2.45, 2.75) is 38.0 Å². The van der Waals surface area contributed by atoms with Gasteiger partial charge in [0.15, 0.2) is 6.61 Å². The second-order valence-electron chi connectivity index (χ2n) is 8.03. The highest BCUT2D eigenvalue weighted by atomic mass is 16.5. The van der Waals surface area contributed by atoms with Gasteiger partial charge in [-0.1, -0.05) is 48.5 Å². The molecule has 0 heterocycles. The smallest absolute Gasteiger partial charge is 0.341 e. The minimum atomic E-state index is -0.984. The predicted octanol–water partition coefficient (Wildman–Crippen LogP) is 5.72. The van der Waals surface area contributed by atoms with E-state index in [-0.39, 0.29) is 18.4 Å². The molecule has 1 aliphatic carbocycles. The molecule has 164 valence electrons. The van der Waals surface area contributed by atoms with Crippen LogP contribution < -0.4 is 9.64 Å². The van der Waals surface area contributed by atoms with Crippen LogP contribution in [0.2, 0.25) is 0 Å². The van der Waals surface area contributed by atoms with Crippen molar-refractivity contribution in [1.29, 1.82) is 0 Å². The fourth-order valence-electron chi connectivity index (χ4n) is 4.49. The zero-order valence-corrected chi connectivity index (χ0v) is 17.9. The number of aliphatic carboxylic acids is 1. The van der Waals surface area contributed by atoms with Gasteiger partial charge < -0.3 is 9.84 Å². The van der Waals surface area contributed by atoms with Crippen LogP contribution in [0.4, 0.5) is 11.4 Å². The zero-order valence-electron chi connectivity index (χ0n) is 17.9. The third-order valence-corrected chi connectivity index (χ3v) is 5.92. The van der Waals surface area contributed by atoms with Gasteiger partial charge in [0.1, 0.15) is 5.75 Å². The van der Waals surface area contributed by atoms with Crippen LogP contribution in [0.1, 0.15) is 42.7 Å². The lowest BCUT2D eigenvalue weighted by Crippen LogP contribution is -2.26. The quantitative estimate of drug-likeness (QED) is 0.498. The topological polar surface area (TPSA) is 66.8 Å². The number of ether oxygens (including phenoxy) is 1. The highest BCUT2D eigenvalue weighted by Gasteiger charge is 2.25. The Morgan fingerprint density at radius 1 is 0.906 bits per heavy atom. The summed E-state index contributed by atoms with van der Waals surface area (Å²) in [5.41, 5.74) is 3.98. The first-order valence-electron chi connectivity index (χ1n) is 11.0. The van der Waals surface area contributed by atoms with Gasteiger partial charge in [-0.25, -0.2) is 4.79 Å². The molecule has 0 aliphatic heterocycles. The maximum atomic E-state index is 13.4. The summed E-state index contributed by atoms with van der Waals surface area (Å²) in [5.74, 6) is -0.0177. The van der Waals surface area contributed by atoms with Crippen molar-refractivity contribution >= 4 is 23.3 Å². The van der Waals surface area contributed by atoms with Gasteiger partial charge >= 0.3 is 5.97 Å². The summed E-state index contributed by atoms with van der Waals surface area (Å²) in [5, 5.41) is 8.95. The number of carbonyl (C=O) groups excluding carboxylic acids is 1. The van der Waals surface area contributed by atoms with E-state index in [9.17, 15) is 9.59 Å². The molecule has 1 aliphatic rings. The fourth-order valence-corrected chi connectivity index (χ4v) is 4.49. The number of carboxylic acid groups (broad SMARTS) is 1. The third kappa shape index (κ3) is 4.99. The van der Waals surface area contributed by atoms with Crippen LogP contribution in [0.5, 0.6) is 5.75 Å². The maximum absolute atomic E-state index is 13.4. The molecule has 3 aromatic carbocycles. The molecular formula is C27H27NO4. The first-order chi connectivity index (χ1) is 15.6. The number of anilines is 2. The Kier molecular flexibility index (Phi) is 6.85. The van der Waals surface area contributed by atoms with E-state index in [4.69, 9.17) is 9.84 Å². The van der Waals surface area contributed by atoms with E-state index in [1.807, 2.05) is 72.8 Å². The minimum absolute atomic E-state index is 0.0628. The van der Waals surface area contributed by atoms with Gasteiger partial charge in [-0.3, -0.25) is 9.69 Å². The van der Waals surface area contributed by atoms with Gasteiger partial charge in [0.25, 0.3) is 0 Å². The second kappa shape index (κ2) is 10.1. The molecule has 0 aromatic heterocycles. The highest BCUT2D eigenvalue weighted by molar-refractivity contribution is 6.00. The first-order valence-corrected chi connectivity index (χ1v) is 11.0. The lowest BCUT2D eigenvalue weighted by atomic mass is 9.80. The zero-order chi connectivity index (χ0) is 22.3. The number of nitrogens with zero attached hydrogens (tertiary/aromatic N) is 1. The molecule has 4 rings (SSSR count). The molecule has 0 saturated heterocycles. The largest absolute Gasteiger partial charge is 0.482 e. The molecular weight excluding hydrogens is 402 g/mol. The van der Waals surface area contributed by atoms with E-state index in [2.05, 4.69) is 6.07 Å². The first kappa shape index (κ1) is 21.6. The molecule has 0 saturated carbocycles. The van der Waals surface area contributed by atoms with Crippen LogP contribution >= 0.6 is 0 Å². The van der Waals surface area contributed by atoms with Gasteiger partial charge in [-0.2, -0.15) is 0 Å². The van der Waals surface area contributed by atoms with E-state index in [0.29, 0.717) is 12.2 Å². The molecule has 0 bridgehead atoms. The van der Waals surface area contributed by atoms with Crippen molar-refractivity contribution in [3.63, 3.8) is 0 Å². The van der Waals surface area contributed by atoms with E-state index < -0.39 is 5.97 Å². The average Bonchev–Trinajstić information content (AvgIpc) is 2.83. The molecule has 1 amide bonds. The van der Waals surface area contributed by atoms with E-state index in [1.165, 1.54) is 5.56 Å². The molecule has 0 fully saturated rings. The molecule has 1 N–H and O–H groups in total. The number of hydrogen-bond acceptors (Lipinski definition) is 3. The Hall–Kier alpha value is -3.60. The van der Waals surface area contributed by atoms with E-state index >= 15 is 0 Å². The molecule has 1 atom stereocenters. The summed E-state index contributed by atoms with van der Waals surface area (Å²) in [6, 6.07) is 25.3. The number of benzene rings is 3. The summed E-state index contributed by atoms with van der Waals surface area (Å²) in [4.78, 5) is 26.1. The molecule has 3 aromatic rings.